The standard InChI is InChI=1S/C19H17BrN2O2/c1-24-19(23)16-10-13-11-6-3-5-9-15(11)21-18(13)17(22-16)12-7-2-4-8-14(12)20/h2-9,16-17,21-22H,10H2,1H3/p+1/t16-,17-/m1/s1. The van der Waals surface area contributed by atoms with E-state index in [1.165, 1.54) is 23.8 Å². The molecule has 24 heavy (non-hydrogen) atoms. The molecule has 0 fully saturated rings. The monoisotopic (exact) mass is 385 g/mol. The van der Waals surface area contributed by atoms with Crippen LogP contribution in [-0.2, 0) is 16.0 Å². The molecule has 4 rings (SSSR count). The van der Waals surface area contributed by atoms with E-state index in [0.717, 1.165) is 15.6 Å². The minimum Gasteiger partial charge on any atom is -0.465 e. The summed E-state index contributed by atoms with van der Waals surface area (Å²) in [6, 6.07) is 16.2. The summed E-state index contributed by atoms with van der Waals surface area (Å²) in [4.78, 5) is 15.8. The number of quaternary nitrogens is 1. The van der Waals surface area contributed by atoms with E-state index in [9.17, 15) is 4.79 Å². The SMILES string of the molecule is COC(=O)[C@H]1Cc2c([nH]c3ccccc23)[C@@H](c2ccccc2Br)[NH2+]1. The molecule has 0 bridgehead atoms. The predicted octanol–water partition coefficient (Wildman–Crippen LogP) is 2.68. The Labute approximate surface area is 148 Å². The van der Waals surface area contributed by atoms with Gasteiger partial charge in [-0.25, -0.2) is 4.79 Å². The number of nitrogens with two attached hydrogens (primary N) is 1. The number of hydrogen-bond acceptors (Lipinski definition) is 2. The molecule has 1 aliphatic rings. The van der Waals surface area contributed by atoms with Gasteiger partial charge in [-0.05, 0) is 17.7 Å². The molecule has 0 saturated carbocycles. The van der Waals surface area contributed by atoms with Crippen LogP contribution >= 0.6 is 15.9 Å². The van der Waals surface area contributed by atoms with Crippen LogP contribution in [0, 0.1) is 0 Å². The zero-order valence-corrected chi connectivity index (χ0v) is 14.8. The predicted molar refractivity (Wildman–Crippen MR) is 95.7 cm³/mol. The zero-order valence-electron chi connectivity index (χ0n) is 13.3. The maximum atomic E-state index is 12.2. The van der Waals surface area contributed by atoms with Gasteiger partial charge in [-0.2, -0.15) is 0 Å². The number of para-hydroxylation sites is 1. The molecule has 3 aromatic rings. The minimum atomic E-state index is -0.237. The summed E-state index contributed by atoms with van der Waals surface area (Å²) < 4.78 is 6.06. The van der Waals surface area contributed by atoms with E-state index in [0.29, 0.717) is 6.42 Å². The van der Waals surface area contributed by atoms with Crippen molar-refractivity contribution in [1.82, 2.24) is 4.98 Å². The first-order valence-corrected chi connectivity index (χ1v) is 8.75. The third-order valence-corrected chi connectivity index (χ3v) is 5.47. The van der Waals surface area contributed by atoms with Crippen molar-refractivity contribution in [3.05, 3.63) is 69.8 Å². The second-order valence-electron chi connectivity index (χ2n) is 6.09. The molecule has 4 nitrogen and oxygen atoms in total. The van der Waals surface area contributed by atoms with Crippen molar-refractivity contribution < 1.29 is 14.8 Å². The number of aromatic nitrogens is 1. The van der Waals surface area contributed by atoms with Gasteiger partial charge < -0.3 is 15.0 Å². The van der Waals surface area contributed by atoms with Crippen LogP contribution in [0.4, 0.5) is 0 Å². The van der Waals surface area contributed by atoms with Crippen molar-refractivity contribution in [2.24, 2.45) is 0 Å². The lowest BCUT2D eigenvalue weighted by Crippen LogP contribution is -2.94. The topological polar surface area (TPSA) is 58.7 Å². The fraction of sp³-hybridized carbons (Fsp3) is 0.211. The van der Waals surface area contributed by atoms with Gasteiger partial charge in [0.1, 0.15) is 0 Å². The van der Waals surface area contributed by atoms with E-state index in [2.05, 4.69) is 44.4 Å². The second-order valence-corrected chi connectivity index (χ2v) is 6.94. The van der Waals surface area contributed by atoms with Crippen LogP contribution in [0.3, 0.4) is 0 Å². The highest BCUT2D eigenvalue weighted by atomic mass is 79.9. The highest BCUT2D eigenvalue weighted by Crippen LogP contribution is 2.34. The molecule has 122 valence electrons. The van der Waals surface area contributed by atoms with Gasteiger partial charge in [0.2, 0.25) is 0 Å². The van der Waals surface area contributed by atoms with Gasteiger partial charge in [-0.1, -0.05) is 52.3 Å². The summed E-state index contributed by atoms with van der Waals surface area (Å²) in [5, 5.41) is 3.29. The zero-order chi connectivity index (χ0) is 16.7. The number of H-pyrrole nitrogens is 1. The molecule has 5 heteroatoms. The molecule has 2 atom stereocenters. The van der Waals surface area contributed by atoms with Crippen LogP contribution in [0.1, 0.15) is 22.9 Å². The van der Waals surface area contributed by atoms with Gasteiger partial charge in [0.25, 0.3) is 0 Å². The van der Waals surface area contributed by atoms with Crippen LogP contribution in [0.2, 0.25) is 0 Å². The number of carbonyl (C=O) groups excluding carboxylic acids is 1. The number of fused-ring (bicyclic) bond motifs is 3. The van der Waals surface area contributed by atoms with E-state index in [-0.39, 0.29) is 18.1 Å². The fourth-order valence-electron chi connectivity index (χ4n) is 3.62. The molecule has 0 saturated heterocycles. The Bertz CT molecular complexity index is 919. The van der Waals surface area contributed by atoms with Crippen molar-refractivity contribution in [3.8, 4) is 0 Å². The molecule has 1 aliphatic heterocycles. The lowest BCUT2D eigenvalue weighted by molar-refractivity contribution is -0.712. The number of methoxy groups -OCH3 is 1. The number of rotatable bonds is 2. The lowest BCUT2D eigenvalue weighted by Gasteiger charge is -2.27. The van der Waals surface area contributed by atoms with Crippen molar-refractivity contribution in [3.63, 3.8) is 0 Å². The number of halogens is 1. The summed E-state index contributed by atoms with van der Waals surface area (Å²) in [6.07, 6.45) is 0.674. The number of nitrogens with one attached hydrogen (secondary N) is 1. The molecule has 0 amide bonds. The van der Waals surface area contributed by atoms with Gasteiger partial charge in [0, 0.05) is 27.4 Å². The lowest BCUT2D eigenvalue weighted by atomic mass is 9.90. The average Bonchev–Trinajstić information content (AvgIpc) is 2.99. The Morgan fingerprint density at radius 2 is 1.96 bits per heavy atom. The van der Waals surface area contributed by atoms with Crippen molar-refractivity contribution in [2.75, 3.05) is 7.11 Å². The normalized spacial score (nSPS) is 19.9. The summed E-state index contributed by atoms with van der Waals surface area (Å²) in [6.45, 7) is 0. The number of carbonyl (C=O) groups is 1. The maximum Gasteiger partial charge on any atom is 0.364 e. The van der Waals surface area contributed by atoms with Crippen LogP contribution in [0.15, 0.2) is 53.0 Å². The quantitative estimate of drug-likeness (QED) is 0.666. The van der Waals surface area contributed by atoms with Gasteiger partial charge in [-0.15, -0.1) is 0 Å². The summed E-state index contributed by atoms with van der Waals surface area (Å²) in [5.41, 5.74) is 4.64. The molecule has 0 radical (unpaired) electrons. The van der Waals surface area contributed by atoms with E-state index in [1.54, 1.807) is 0 Å². The number of aromatic amines is 1. The molecule has 3 N–H and O–H groups in total. The van der Waals surface area contributed by atoms with Crippen LogP contribution in [0.5, 0.6) is 0 Å². The molecule has 1 aromatic heterocycles. The fourth-order valence-corrected chi connectivity index (χ4v) is 4.15. The largest absolute Gasteiger partial charge is 0.465 e. The smallest absolute Gasteiger partial charge is 0.364 e. The molecular formula is C19H18BrN2O2+. The summed E-state index contributed by atoms with van der Waals surface area (Å²) in [7, 11) is 1.45. The van der Waals surface area contributed by atoms with E-state index < -0.39 is 0 Å². The summed E-state index contributed by atoms with van der Waals surface area (Å²) in [5.74, 6) is -0.178. The first-order valence-electron chi connectivity index (χ1n) is 7.95. The first-order chi connectivity index (χ1) is 11.7. The van der Waals surface area contributed by atoms with Crippen molar-refractivity contribution >= 4 is 32.8 Å². The van der Waals surface area contributed by atoms with Crippen LogP contribution in [0.25, 0.3) is 10.9 Å². The Hall–Kier alpha value is -2.11. The van der Waals surface area contributed by atoms with E-state index >= 15 is 0 Å². The van der Waals surface area contributed by atoms with Crippen LogP contribution < -0.4 is 5.32 Å². The average molecular weight is 386 g/mol. The molecule has 2 heterocycles. The third kappa shape index (κ3) is 2.44. The number of esters is 1. The second kappa shape index (κ2) is 6.07. The van der Waals surface area contributed by atoms with Gasteiger partial charge in [0.15, 0.2) is 12.1 Å². The summed E-state index contributed by atoms with van der Waals surface area (Å²) >= 11 is 3.65. The highest BCUT2D eigenvalue weighted by Gasteiger charge is 2.38. The Morgan fingerprint density at radius 3 is 2.75 bits per heavy atom. The number of benzene rings is 2. The highest BCUT2D eigenvalue weighted by molar-refractivity contribution is 9.10. The third-order valence-electron chi connectivity index (χ3n) is 4.75. The van der Waals surface area contributed by atoms with Crippen molar-refractivity contribution in [1.29, 1.82) is 0 Å². The van der Waals surface area contributed by atoms with Crippen LogP contribution in [-0.4, -0.2) is 24.1 Å². The molecular weight excluding hydrogens is 368 g/mol. The minimum absolute atomic E-state index is 0.0285. The molecule has 0 spiro atoms. The number of ether oxygens (including phenoxy) is 1. The number of hydrogen-bond donors (Lipinski definition) is 2. The maximum absolute atomic E-state index is 12.2. The molecule has 0 aliphatic carbocycles. The Balaban J connectivity index is 1.90. The van der Waals surface area contributed by atoms with Gasteiger partial charge in [0.05, 0.1) is 12.8 Å². The Kier molecular flexibility index (Phi) is 3.90. The first kappa shape index (κ1) is 15.4. The Morgan fingerprint density at radius 1 is 1.21 bits per heavy atom. The van der Waals surface area contributed by atoms with Gasteiger partial charge >= 0.3 is 5.97 Å². The van der Waals surface area contributed by atoms with E-state index in [4.69, 9.17) is 4.74 Å². The molecule has 0 unspecified atom stereocenters. The van der Waals surface area contributed by atoms with Crippen molar-refractivity contribution in [2.45, 2.75) is 18.5 Å². The van der Waals surface area contributed by atoms with E-state index in [1.807, 2.05) is 30.3 Å². The van der Waals surface area contributed by atoms with Gasteiger partial charge in [-0.3, -0.25) is 0 Å². The molecule has 2 aromatic carbocycles.